The molecule has 10 atom stereocenters. The van der Waals surface area contributed by atoms with Crippen molar-refractivity contribution in [1.82, 2.24) is 0 Å². The Balaban J connectivity index is 1.59. The van der Waals surface area contributed by atoms with E-state index in [1.165, 1.54) is 50.5 Å². The first-order valence-electron chi connectivity index (χ1n) is 14.6. The first kappa shape index (κ1) is 26.2. The predicted octanol–water partition coefficient (Wildman–Crippen LogP) is 7.73. The van der Waals surface area contributed by atoms with E-state index in [4.69, 9.17) is 0 Å². The van der Waals surface area contributed by atoms with Gasteiger partial charge < -0.3 is 10.2 Å². The number of hydrogen-bond acceptors (Lipinski definition) is 2. The Hall–Kier alpha value is -0.830. The van der Waals surface area contributed by atoms with Gasteiger partial charge in [0.05, 0.1) is 12.0 Å². The van der Waals surface area contributed by atoms with Gasteiger partial charge in [-0.15, -0.1) is 0 Å². The van der Waals surface area contributed by atoms with Crippen molar-refractivity contribution in [1.29, 1.82) is 0 Å². The summed E-state index contributed by atoms with van der Waals surface area (Å²) >= 11 is 0. The zero-order valence-corrected chi connectivity index (χ0v) is 22.9. The van der Waals surface area contributed by atoms with Gasteiger partial charge in [0.25, 0.3) is 0 Å². The monoisotopic (exact) mass is 472 g/mol. The molecule has 3 nitrogen and oxygen atoms in total. The number of aliphatic carboxylic acids is 1. The lowest BCUT2D eigenvalue weighted by atomic mass is 9.43. The van der Waals surface area contributed by atoms with E-state index >= 15 is 0 Å². The molecule has 0 radical (unpaired) electrons. The molecule has 0 aromatic heterocycles. The van der Waals surface area contributed by atoms with Gasteiger partial charge in [0.2, 0.25) is 0 Å². The summed E-state index contributed by atoms with van der Waals surface area (Å²) in [6.45, 7) is 14.3. The minimum Gasteiger partial charge on any atom is -0.481 e. The van der Waals surface area contributed by atoms with Crippen molar-refractivity contribution in [2.75, 3.05) is 0 Å². The van der Waals surface area contributed by atoms with Crippen molar-refractivity contribution in [3.05, 3.63) is 11.6 Å². The number of carboxylic acid groups (broad SMARTS) is 1. The zero-order valence-electron chi connectivity index (χ0n) is 22.9. The van der Waals surface area contributed by atoms with Crippen molar-refractivity contribution in [2.45, 2.75) is 118 Å². The van der Waals surface area contributed by atoms with Crippen LogP contribution >= 0.6 is 0 Å². The second kappa shape index (κ2) is 9.91. The first-order chi connectivity index (χ1) is 16.0. The fraction of sp³-hybridized carbons (Fsp3) is 0.903. The van der Waals surface area contributed by atoms with Crippen molar-refractivity contribution in [2.24, 2.45) is 58.2 Å². The highest BCUT2D eigenvalue weighted by atomic mass is 16.4. The molecule has 34 heavy (non-hydrogen) atoms. The Morgan fingerprint density at radius 1 is 1.09 bits per heavy atom. The van der Waals surface area contributed by atoms with Gasteiger partial charge in [0.1, 0.15) is 0 Å². The normalized spacial score (nSPS) is 43.5. The van der Waals surface area contributed by atoms with E-state index in [-0.39, 0.29) is 23.4 Å². The van der Waals surface area contributed by atoms with Crippen LogP contribution in [0.1, 0.15) is 112 Å². The summed E-state index contributed by atoms with van der Waals surface area (Å²) in [6, 6.07) is 0. The first-order valence-corrected chi connectivity index (χ1v) is 14.6. The Bertz CT molecular complexity index is 771. The van der Waals surface area contributed by atoms with Crippen molar-refractivity contribution in [3.63, 3.8) is 0 Å². The van der Waals surface area contributed by atoms with E-state index in [1.54, 1.807) is 0 Å². The smallest absolute Gasteiger partial charge is 0.306 e. The number of carboxylic acids is 1. The third kappa shape index (κ3) is 4.31. The number of allylic oxidation sites excluding steroid dienone is 1. The van der Waals surface area contributed by atoms with Crippen molar-refractivity contribution in [3.8, 4) is 0 Å². The molecule has 0 amide bonds. The molecule has 3 saturated carbocycles. The third-order valence-electron chi connectivity index (χ3n) is 11.7. The van der Waals surface area contributed by atoms with Crippen LogP contribution in [0.15, 0.2) is 11.6 Å². The average molecular weight is 473 g/mol. The van der Waals surface area contributed by atoms with Crippen LogP contribution in [0.2, 0.25) is 0 Å². The summed E-state index contributed by atoms with van der Waals surface area (Å²) in [4.78, 5) is 12.3. The van der Waals surface area contributed by atoms with E-state index in [0.717, 1.165) is 36.5 Å². The summed E-state index contributed by atoms with van der Waals surface area (Å²) in [6.07, 6.45) is 14.7. The minimum atomic E-state index is -0.666. The van der Waals surface area contributed by atoms with Crippen LogP contribution in [-0.4, -0.2) is 22.3 Å². The van der Waals surface area contributed by atoms with Gasteiger partial charge in [-0.2, -0.15) is 0 Å². The second-order valence-electron chi connectivity index (χ2n) is 13.7. The zero-order chi connectivity index (χ0) is 24.8. The summed E-state index contributed by atoms with van der Waals surface area (Å²) in [5.41, 5.74) is 1.77. The highest BCUT2D eigenvalue weighted by Gasteiger charge is 2.62. The molecule has 0 bridgehead atoms. The van der Waals surface area contributed by atoms with E-state index in [0.29, 0.717) is 30.1 Å². The molecule has 4 aliphatic rings. The van der Waals surface area contributed by atoms with Crippen LogP contribution in [0.4, 0.5) is 0 Å². The molecule has 4 rings (SSSR count). The van der Waals surface area contributed by atoms with Gasteiger partial charge in [-0.25, -0.2) is 0 Å². The lowest BCUT2D eigenvalue weighted by Crippen LogP contribution is -2.55. The van der Waals surface area contributed by atoms with Crippen LogP contribution in [0.3, 0.4) is 0 Å². The van der Waals surface area contributed by atoms with E-state index < -0.39 is 5.97 Å². The van der Waals surface area contributed by atoms with Gasteiger partial charge in [0.15, 0.2) is 0 Å². The van der Waals surface area contributed by atoms with Gasteiger partial charge >= 0.3 is 5.97 Å². The van der Waals surface area contributed by atoms with E-state index in [2.05, 4.69) is 40.7 Å². The lowest BCUT2D eigenvalue weighted by Gasteiger charge is -2.61. The largest absolute Gasteiger partial charge is 0.481 e. The van der Waals surface area contributed by atoms with Crippen LogP contribution in [0.25, 0.3) is 0 Å². The topological polar surface area (TPSA) is 57.5 Å². The van der Waals surface area contributed by atoms with Crippen LogP contribution in [0, 0.1) is 58.2 Å². The molecular weight excluding hydrogens is 420 g/mol. The van der Waals surface area contributed by atoms with E-state index in [9.17, 15) is 15.0 Å². The molecule has 2 unspecified atom stereocenters. The number of carbonyl (C=O) groups is 1. The predicted molar refractivity (Wildman–Crippen MR) is 139 cm³/mol. The van der Waals surface area contributed by atoms with Crippen LogP contribution in [-0.2, 0) is 4.79 Å². The Kier molecular flexibility index (Phi) is 7.65. The maximum Gasteiger partial charge on any atom is 0.306 e. The summed E-state index contributed by atoms with van der Waals surface area (Å²) in [7, 11) is 0. The quantitative estimate of drug-likeness (QED) is 0.355. The average Bonchev–Trinajstić information content (AvgIpc) is 3.12. The Morgan fingerprint density at radius 2 is 1.82 bits per heavy atom. The van der Waals surface area contributed by atoms with Gasteiger partial charge in [-0.3, -0.25) is 4.79 Å². The van der Waals surface area contributed by atoms with Crippen LogP contribution < -0.4 is 0 Å². The van der Waals surface area contributed by atoms with E-state index in [1.807, 2.05) is 6.92 Å². The summed E-state index contributed by atoms with van der Waals surface area (Å²) < 4.78 is 0. The maximum atomic E-state index is 12.3. The van der Waals surface area contributed by atoms with Gasteiger partial charge in [-0.1, -0.05) is 72.5 Å². The molecule has 4 aliphatic carbocycles. The summed E-state index contributed by atoms with van der Waals surface area (Å²) in [5.74, 6) is 3.52. The lowest BCUT2D eigenvalue weighted by molar-refractivity contribution is -0.151. The Labute approximate surface area is 209 Å². The number of fused-ring (bicyclic) bond motifs is 5. The van der Waals surface area contributed by atoms with Crippen LogP contribution in [0.5, 0.6) is 0 Å². The fourth-order valence-corrected chi connectivity index (χ4v) is 10.0. The number of aliphatic hydroxyl groups excluding tert-OH is 1. The molecule has 0 saturated heterocycles. The summed E-state index contributed by atoms with van der Waals surface area (Å²) in [5, 5.41) is 20.8. The molecular formula is C31H52O3. The second-order valence-corrected chi connectivity index (χ2v) is 13.7. The number of rotatable bonds is 8. The SMILES string of the molecule is CCC(C(=O)O)C1C[C@H](O)CC2=CC[C@H]3[C@@H]4CC[C@H]([C@H](C)CCCC(C)C)[C@@]4(C)CC[C@@H]3[C@@]21C. The minimum absolute atomic E-state index is 0.0503. The van der Waals surface area contributed by atoms with Crippen molar-refractivity contribution >= 4 is 5.97 Å². The standard InChI is InChI=1S/C31H52O3/c1-7-23(29(33)34)28-18-22(32)17-21-11-12-24-26-14-13-25(20(4)10-8-9-19(2)3)30(26,5)16-15-27(24)31(21,28)6/h11,19-20,22-28,32H,7-10,12-18H2,1-6H3,(H,33,34)/t20-,22-,23?,24+,25-,26+,27+,28?,30-,31-/m1/s1. The molecule has 194 valence electrons. The number of hydrogen-bond donors (Lipinski definition) is 2. The molecule has 2 N–H and O–H groups in total. The molecule has 3 heteroatoms. The molecule has 0 spiro atoms. The van der Waals surface area contributed by atoms with Gasteiger partial charge in [0, 0.05) is 0 Å². The third-order valence-corrected chi connectivity index (χ3v) is 11.7. The Morgan fingerprint density at radius 3 is 2.47 bits per heavy atom. The highest BCUT2D eigenvalue weighted by molar-refractivity contribution is 5.70. The molecule has 0 aliphatic heterocycles. The van der Waals surface area contributed by atoms with Gasteiger partial charge in [-0.05, 0) is 104 Å². The molecule has 0 aromatic rings. The molecule has 3 fully saturated rings. The highest BCUT2D eigenvalue weighted by Crippen LogP contribution is 2.69. The fourth-order valence-electron chi connectivity index (χ4n) is 10.0. The maximum absolute atomic E-state index is 12.3. The van der Waals surface area contributed by atoms with Crippen molar-refractivity contribution < 1.29 is 15.0 Å². The molecule has 0 aromatic carbocycles. The molecule has 0 heterocycles. The number of aliphatic hydroxyl groups is 1.